The highest BCUT2D eigenvalue weighted by Crippen LogP contribution is 2.02. The third-order valence-corrected chi connectivity index (χ3v) is 2.53. The number of ketones is 1. The number of nitrogens with two attached hydrogens (primary N) is 1. The molecule has 8 heteroatoms. The van der Waals surface area contributed by atoms with Crippen molar-refractivity contribution in [3.8, 4) is 0 Å². The highest BCUT2D eigenvalue weighted by molar-refractivity contribution is 6.03. The maximum Gasteiger partial charge on any atom is 0.190 e. The average molecular weight is 325 g/mol. The standard InChI is InChI=1S/C9H11N3O.C7H8N4/c1-12(2)4-3-9(13)8-5-10-7-11-6-8;8-2-1-7(9)6-3-10-5-11-4-6/h3-7H,1-2H3;1-5,8H,9H2/b4-3+;. The summed E-state index contributed by atoms with van der Waals surface area (Å²) >= 11 is 0. The van der Waals surface area contributed by atoms with Crippen LogP contribution in [0.3, 0.4) is 0 Å². The van der Waals surface area contributed by atoms with Gasteiger partial charge >= 0.3 is 0 Å². The Morgan fingerprint density at radius 3 is 2.00 bits per heavy atom. The van der Waals surface area contributed by atoms with Crippen LogP contribution in [0, 0.1) is 5.41 Å². The summed E-state index contributed by atoms with van der Waals surface area (Å²) < 4.78 is 0. The minimum absolute atomic E-state index is 0.0886. The SMILES string of the molecule is CN(C)/C=C/C(=O)c1cncnc1.N=CC=C(N)c1cncnc1. The van der Waals surface area contributed by atoms with E-state index in [1.54, 1.807) is 23.5 Å². The third-order valence-electron chi connectivity index (χ3n) is 2.53. The number of allylic oxidation sites excluding steroid dienone is 2. The first-order valence-electron chi connectivity index (χ1n) is 6.90. The van der Waals surface area contributed by atoms with E-state index in [0.717, 1.165) is 11.8 Å². The van der Waals surface area contributed by atoms with Gasteiger partial charge in [-0.2, -0.15) is 0 Å². The van der Waals surface area contributed by atoms with Gasteiger partial charge in [-0.25, -0.2) is 19.9 Å². The van der Waals surface area contributed by atoms with Gasteiger partial charge in [0.25, 0.3) is 0 Å². The van der Waals surface area contributed by atoms with E-state index >= 15 is 0 Å². The van der Waals surface area contributed by atoms with Gasteiger partial charge in [0, 0.05) is 68.6 Å². The Bertz CT molecular complexity index is 697. The normalized spacial score (nSPS) is 10.7. The summed E-state index contributed by atoms with van der Waals surface area (Å²) in [6, 6.07) is 0. The topological polar surface area (TPSA) is 122 Å². The Hall–Kier alpha value is -3.42. The molecule has 24 heavy (non-hydrogen) atoms. The van der Waals surface area contributed by atoms with E-state index in [9.17, 15) is 4.79 Å². The third kappa shape index (κ3) is 7.03. The number of nitrogens with zero attached hydrogens (tertiary/aromatic N) is 5. The van der Waals surface area contributed by atoms with Crippen molar-refractivity contribution in [3.05, 3.63) is 66.9 Å². The van der Waals surface area contributed by atoms with Crippen LogP contribution in [0.4, 0.5) is 0 Å². The van der Waals surface area contributed by atoms with E-state index in [1.165, 1.54) is 37.2 Å². The van der Waals surface area contributed by atoms with Crippen molar-refractivity contribution in [1.29, 1.82) is 5.41 Å². The van der Waals surface area contributed by atoms with E-state index in [1.807, 2.05) is 14.1 Å². The summed E-state index contributed by atoms with van der Waals surface area (Å²) in [5, 5.41) is 6.76. The molecule has 0 amide bonds. The number of carbonyl (C=O) groups excluding carboxylic acids is 1. The van der Waals surface area contributed by atoms with Gasteiger partial charge in [-0.3, -0.25) is 4.79 Å². The minimum atomic E-state index is -0.0886. The molecule has 0 radical (unpaired) electrons. The molecule has 0 aliphatic heterocycles. The quantitative estimate of drug-likeness (QED) is 0.480. The van der Waals surface area contributed by atoms with Gasteiger partial charge < -0.3 is 16.0 Å². The fourth-order valence-corrected chi connectivity index (χ4v) is 1.37. The second kappa shape index (κ2) is 10.3. The zero-order chi connectivity index (χ0) is 17.8. The fourth-order valence-electron chi connectivity index (χ4n) is 1.37. The van der Waals surface area contributed by atoms with Crippen LogP contribution in [-0.2, 0) is 0 Å². The van der Waals surface area contributed by atoms with Gasteiger partial charge in [-0.05, 0) is 6.08 Å². The number of hydrogen-bond acceptors (Lipinski definition) is 8. The number of hydrogen-bond donors (Lipinski definition) is 2. The van der Waals surface area contributed by atoms with Gasteiger partial charge in [0.15, 0.2) is 5.78 Å². The first kappa shape index (κ1) is 18.6. The molecule has 0 bridgehead atoms. The highest BCUT2D eigenvalue weighted by Gasteiger charge is 2.00. The molecule has 0 aromatic carbocycles. The van der Waals surface area contributed by atoms with Crippen molar-refractivity contribution in [1.82, 2.24) is 24.8 Å². The highest BCUT2D eigenvalue weighted by atomic mass is 16.1. The molecule has 8 nitrogen and oxygen atoms in total. The van der Waals surface area contributed by atoms with E-state index in [0.29, 0.717) is 11.3 Å². The average Bonchev–Trinajstić information content (AvgIpc) is 2.62. The number of aromatic nitrogens is 4. The van der Waals surface area contributed by atoms with E-state index < -0.39 is 0 Å². The van der Waals surface area contributed by atoms with Gasteiger partial charge in [-0.15, -0.1) is 0 Å². The monoisotopic (exact) mass is 325 g/mol. The Morgan fingerprint density at radius 2 is 1.54 bits per heavy atom. The molecule has 0 unspecified atom stereocenters. The molecule has 2 heterocycles. The summed E-state index contributed by atoms with van der Waals surface area (Å²) in [5.41, 5.74) is 7.27. The summed E-state index contributed by atoms with van der Waals surface area (Å²) in [6.45, 7) is 0. The van der Waals surface area contributed by atoms with Gasteiger partial charge in [0.1, 0.15) is 12.7 Å². The summed E-state index contributed by atoms with van der Waals surface area (Å²) in [5.74, 6) is -0.0886. The first-order valence-corrected chi connectivity index (χ1v) is 6.90. The summed E-state index contributed by atoms with van der Waals surface area (Å²) in [7, 11) is 3.70. The van der Waals surface area contributed by atoms with Crippen molar-refractivity contribution in [2.24, 2.45) is 5.73 Å². The summed E-state index contributed by atoms with van der Waals surface area (Å²) in [6.07, 6.45) is 14.8. The van der Waals surface area contributed by atoms with Crippen molar-refractivity contribution in [2.45, 2.75) is 0 Å². The number of nitrogens with one attached hydrogen (secondary N) is 1. The molecule has 0 saturated heterocycles. The number of carbonyl (C=O) groups is 1. The molecule has 2 aromatic rings. The van der Waals surface area contributed by atoms with Crippen LogP contribution in [0.15, 0.2) is 55.8 Å². The molecule has 2 rings (SSSR count). The lowest BCUT2D eigenvalue weighted by atomic mass is 10.2. The molecule has 0 atom stereocenters. The summed E-state index contributed by atoms with van der Waals surface area (Å²) in [4.78, 5) is 28.2. The van der Waals surface area contributed by atoms with Crippen molar-refractivity contribution < 1.29 is 4.79 Å². The smallest absolute Gasteiger partial charge is 0.190 e. The van der Waals surface area contributed by atoms with E-state index in [4.69, 9.17) is 11.1 Å². The van der Waals surface area contributed by atoms with E-state index in [-0.39, 0.29) is 5.78 Å². The zero-order valence-corrected chi connectivity index (χ0v) is 13.5. The predicted octanol–water partition coefficient (Wildman–Crippen LogP) is 1.16. The maximum absolute atomic E-state index is 11.4. The fraction of sp³-hybridized carbons (Fsp3) is 0.125. The van der Waals surface area contributed by atoms with Crippen LogP contribution in [0.25, 0.3) is 5.70 Å². The largest absolute Gasteiger partial charge is 0.398 e. The molecule has 0 spiro atoms. The lowest BCUT2D eigenvalue weighted by Gasteiger charge is -2.02. The molecule has 0 aliphatic carbocycles. The molecule has 0 aliphatic rings. The Labute approximate surface area is 140 Å². The molecular weight excluding hydrogens is 306 g/mol. The number of rotatable bonds is 5. The predicted molar refractivity (Wildman–Crippen MR) is 92.2 cm³/mol. The van der Waals surface area contributed by atoms with Gasteiger partial charge in [0.05, 0.1) is 5.56 Å². The lowest BCUT2D eigenvalue weighted by Crippen LogP contribution is -2.03. The molecule has 2 aromatic heterocycles. The van der Waals surface area contributed by atoms with Crippen LogP contribution < -0.4 is 5.73 Å². The van der Waals surface area contributed by atoms with Crippen molar-refractivity contribution >= 4 is 17.7 Å². The van der Waals surface area contributed by atoms with Crippen LogP contribution >= 0.6 is 0 Å². The van der Waals surface area contributed by atoms with Crippen LogP contribution in [-0.4, -0.2) is 50.9 Å². The molecular formula is C16H19N7O. The van der Waals surface area contributed by atoms with Crippen molar-refractivity contribution in [2.75, 3.05) is 14.1 Å². The van der Waals surface area contributed by atoms with Gasteiger partial charge in [0.2, 0.25) is 0 Å². The van der Waals surface area contributed by atoms with Crippen LogP contribution in [0.2, 0.25) is 0 Å². The molecule has 124 valence electrons. The van der Waals surface area contributed by atoms with Gasteiger partial charge in [-0.1, -0.05) is 0 Å². The second-order valence-electron chi connectivity index (χ2n) is 4.69. The molecule has 0 fully saturated rings. The maximum atomic E-state index is 11.4. The minimum Gasteiger partial charge on any atom is -0.398 e. The van der Waals surface area contributed by atoms with E-state index in [2.05, 4.69) is 19.9 Å². The lowest BCUT2D eigenvalue weighted by molar-refractivity contribution is 0.104. The van der Waals surface area contributed by atoms with Crippen molar-refractivity contribution in [3.63, 3.8) is 0 Å². The Kier molecular flexibility index (Phi) is 8.02. The Morgan fingerprint density at radius 1 is 1.04 bits per heavy atom. The first-order chi connectivity index (χ1) is 11.5. The Balaban J connectivity index is 0.000000243. The van der Waals surface area contributed by atoms with Crippen LogP contribution in [0.5, 0.6) is 0 Å². The molecule has 3 N–H and O–H groups in total. The van der Waals surface area contributed by atoms with Crippen LogP contribution in [0.1, 0.15) is 15.9 Å². The zero-order valence-electron chi connectivity index (χ0n) is 13.5. The molecule has 0 saturated carbocycles. The second-order valence-corrected chi connectivity index (χ2v) is 4.69.